The Morgan fingerprint density at radius 1 is 1.50 bits per heavy atom. The highest BCUT2D eigenvalue weighted by molar-refractivity contribution is 5.68. The molecule has 2 rings (SSSR count). The fraction of sp³-hybridized carbons (Fsp3) is 0.545. The summed E-state index contributed by atoms with van der Waals surface area (Å²) in [4.78, 5) is 22.6. The summed E-state index contributed by atoms with van der Waals surface area (Å²) < 4.78 is 18.7. The van der Waals surface area contributed by atoms with Gasteiger partial charge in [0.2, 0.25) is 5.95 Å². The molecule has 1 saturated heterocycles. The van der Waals surface area contributed by atoms with Crippen LogP contribution in [0.3, 0.4) is 0 Å². The Bertz CT molecular complexity index is 478. The molecule has 0 saturated carbocycles. The maximum Gasteiger partial charge on any atom is 0.409 e. The van der Waals surface area contributed by atoms with Crippen molar-refractivity contribution in [2.75, 3.05) is 43.1 Å². The number of rotatable bonds is 3. The van der Waals surface area contributed by atoms with E-state index in [-0.39, 0.29) is 17.9 Å². The Labute approximate surface area is 115 Å². The van der Waals surface area contributed by atoms with Crippen LogP contribution in [0.2, 0.25) is 0 Å². The molecule has 8 nitrogen and oxygen atoms in total. The summed E-state index contributed by atoms with van der Waals surface area (Å²) in [6.45, 7) is 3.94. The first-order chi connectivity index (χ1) is 9.65. The number of halogens is 1. The first kappa shape index (κ1) is 14.3. The van der Waals surface area contributed by atoms with E-state index < -0.39 is 5.82 Å². The summed E-state index contributed by atoms with van der Waals surface area (Å²) in [7, 11) is 0. The molecule has 1 aliphatic rings. The molecular formula is C11H17FN6O2. The molecule has 1 aromatic rings. The number of nitrogens with two attached hydrogens (primary N) is 1. The number of carbonyl (C=O) groups excluding carboxylic acids is 1. The van der Waals surface area contributed by atoms with Gasteiger partial charge in [-0.15, -0.1) is 0 Å². The predicted molar refractivity (Wildman–Crippen MR) is 70.6 cm³/mol. The number of nitrogens with zero attached hydrogens (tertiary/aromatic N) is 4. The zero-order valence-corrected chi connectivity index (χ0v) is 11.2. The summed E-state index contributed by atoms with van der Waals surface area (Å²) >= 11 is 0. The van der Waals surface area contributed by atoms with Crippen molar-refractivity contribution in [2.45, 2.75) is 6.92 Å². The van der Waals surface area contributed by atoms with Crippen LogP contribution in [0.1, 0.15) is 6.92 Å². The van der Waals surface area contributed by atoms with Crippen LogP contribution in [0.4, 0.5) is 21.0 Å². The van der Waals surface area contributed by atoms with Crippen LogP contribution in [-0.2, 0) is 4.74 Å². The number of nitrogen functional groups attached to an aromatic ring is 1. The van der Waals surface area contributed by atoms with Crippen LogP contribution < -0.4 is 16.2 Å². The van der Waals surface area contributed by atoms with Gasteiger partial charge in [0.05, 0.1) is 12.8 Å². The van der Waals surface area contributed by atoms with Gasteiger partial charge >= 0.3 is 6.09 Å². The lowest BCUT2D eigenvalue weighted by Gasteiger charge is -2.34. The Balaban J connectivity index is 2.02. The van der Waals surface area contributed by atoms with E-state index in [2.05, 4.69) is 15.4 Å². The van der Waals surface area contributed by atoms with Crippen molar-refractivity contribution in [2.24, 2.45) is 5.84 Å². The Hall–Kier alpha value is -2.16. The monoisotopic (exact) mass is 284 g/mol. The maximum atomic E-state index is 13.7. The van der Waals surface area contributed by atoms with Crippen molar-refractivity contribution in [3.8, 4) is 0 Å². The molecule has 3 N–H and O–H groups in total. The number of hydrazine groups is 1. The number of nitrogens with one attached hydrogen (secondary N) is 1. The maximum absolute atomic E-state index is 13.7. The molecule has 0 unspecified atom stereocenters. The Morgan fingerprint density at radius 2 is 2.20 bits per heavy atom. The van der Waals surface area contributed by atoms with Gasteiger partial charge < -0.3 is 14.5 Å². The molecule has 1 aromatic heterocycles. The molecule has 20 heavy (non-hydrogen) atoms. The molecule has 0 bridgehead atoms. The summed E-state index contributed by atoms with van der Waals surface area (Å²) in [6.07, 6.45) is 0.717. The highest BCUT2D eigenvalue weighted by Crippen LogP contribution is 2.18. The summed E-state index contributed by atoms with van der Waals surface area (Å²) in [5.41, 5.74) is 2.28. The van der Waals surface area contributed by atoms with Crippen molar-refractivity contribution in [3.63, 3.8) is 0 Å². The number of amides is 1. The number of hydrogen-bond acceptors (Lipinski definition) is 7. The lowest BCUT2D eigenvalue weighted by molar-refractivity contribution is 0.105. The molecule has 1 amide bonds. The molecule has 0 aromatic carbocycles. The van der Waals surface area contributed by atoms with Gasteiger partial charge in [0.15, 0.2) is 11.6 Å². The van der Waals surface area contributed by atoms with Crippen LogP contribution in [-0.4, -0.2) is 53.7 Å². The van der Waals surface area contributed by atoms with Crippen molar-refractivity contribution in [1.29, 1.82) is 0 Å². The Morgan fingerprint density at radius 3 is 2.80 bits per heavy atom. The number of piperazine rings is 1. The summed E-state index contributed by atoms with van der Waals surface area (Å²) in [5, 5.41) is 0. The first-order valence-electron chi connectivity index (χ1n) is 6.31. The summed E-state index contributed by atoms with van der Waals surface area (Å²) in [5.74, 6) is 5.01. The normalized spacial score (nSPS) is 15.2. The number of anilines is 2. The van der Waals surface area contributed by atoms with E-state index in [4.69, 9.17) is 10.6 Å². The van der Waals surface area contributed by atoms with E-state index in [0.29, 0.717) is 32.8 Å². The summed E-state index contributed by atoms with van der Waals surface area (Å²) in [6, 6.07) is 0. The van der Waals surface area contributed by atoms with Gasteiger partial charge in [-0.25, -0.2) is 20.0 Å². The highest BCUT2D eigenvalue weighted by Gasteiger charge is 2.24. The number of aromatic nitrogens is 2. The van der Waals surface area contributed by atoms with E-state index in [1.807, 2.05) is 0 Å². The largest absolute Gasteiger partial charge is 0.450 e. The van der Waals surface area contributed by atoms with Crippen molar-refractivity contribution < 1.29 is 13.9 Å². The zero-order valence-electron chi connectivity index (χ0n) is 11.2. The molecule has 110 valence electrons. The van der Waals surface area contributed by atoms with E-state index in [1.54, 1.807) is 16.7 Å². The van der Waals surface area contributed by atoms with Gasteiger partial charge in [-0.2, -0.15) is 4.98 Å². The third-order valence-corrected chi connectivity index (χ3v) is 2.96. The number of carbonyl (C=O) groups is 1. The molecule has 1 aliphatic heterocycles. The molecular weight excluding hydrogens is 267 g/mol. The second-order valence-electron chi connectivity index (χ2n) is 4.18. The lowest BCUT2D eigenvalue weighted by Crippen LogP contribution is -2.49. The lowest BCUT2D eigenvalue weighted by atomic mass is 10.3. The van der Waals surface area contributed by atoms with Crippen molar-refractivity contribution in [3.05, 3.63) is 12.0 Å². The molecule has 9 heteroatoms. The van der Waals surface area contributed by atoms with Gasteiger partial charge in [0, 0.05) is 26.2 Å². The predicted octanol–water partition coefficient (Wildman–Crippen LogP) is 0.180. The topological polar surface area (TPSA) is 96.6 Å². The van der Waals surface area contributed by atoms with E-state index in [9.17, 15) is 9.18 Å². The second-order valence-corrected chi connectivity index (χ2v) is 4.18. The average Bonchev–Trinajstić information content (AvgIpc) is 2.48. The Kier molecular flexibility index (Phi) is 4.51. The van der Waals surface area contributed by atoms with Gasteiger partial charge in [-0.3, -0.25) is 5.43 Å². The molecule has 2 heterocycles. The second kappa shape index (κ2) is 6.33. The SMILES string of the molecule is CCOC(=O)N1CCN(c2nc(NN)ncc2F)CC1. The third kappa shape index (κ3) is 3.05. The molecule has 1 fully saturated rings. The van der Waals surface area contributed by atoms with E-state index >= 15 is 0 Å². The highest BCUT2D eigenvalue weighted by atomic mass is 19.1. The number of ether oxygens (including phenoxy) is 1. The van der Waals surface area contributed by atoms with Crippen LogP contribution in [0.15, 0.2) is 6.20 Å². The standard InChI is InChI=1S/C11H17FN6O2/c1-2-20-11(19)18-5-3-17(4-6-18)9-8(12)7-14-10(15-9)16-13/h7H,2-6,13H2,1H3,(H,14,15,16). The minimum absolute atomic E-state index is 0.147. The molecule has 0 aliphatic carbocycles. The number of hydrogen-bond donors (Lipinski definition) is 2. The fourth-order valence-corrected chi connectivity index (χ4v) is 1.97. The van der Waals surface area contributed by atoms with E-state index in [1.165, 1.54) is 0 Å². The fourth-order valence-electron chi connectivity index (χ4n) is 1.97. The van der Waals surface area contributed by atoms with Gasteiger partial charge in [-0.1, -0.05) is 0 Å². The minimum Gasteiger partial charge on any atom is -0.450 e. The van der Waals surface area contributed by atoms with Gasteiger partial charge in [0.25, 0.3) is 0 Å². The zero-order chi connectivity index (χ0) is 14.5. The first-order valence-corrected chi connectivity index (χ1v) is 6.31. The quantitative estimate of drug-likeness (QED) is 0.603. The van der Waals surface area contributed by atoms with Crippen LogP contribution in [0.25, 0.3) is 0 Å². The van der Waals surface area contributed by atoms with Crippen LogP contribution in [0, 0.1) is 5.82 Å². The van der Waals surface area contributed by atoms with Crippen LogP contribution >= 0.6 is 0 Å². The van der Waals surface area contributed by atoms with Gasteiger partial charge in [0.1, 0.15) is 0 Å². The smallest absolute Gasteiger partial charge is 0.409 e. The van der Waals surface area contributed by atoms with Crippen molar-refractivity contribution in [1.82, 2.24) is 14.9 Å². The van der Waals surface area contributed by atoms with Crippen LogP contribution in [0.5, 0.6) is 0 Å². The van der Waals surface area contributed by atoms with Crippen molar-refractivity contribution >= 4 is 17.9 Å². The minimum atomic E-state index is -0.520. The van der Waals surface area contributed by atoms with E-state index in [0.717, 1.165) is 6.20 Å². The average molecular weight is 284 g/mol. The third-order valence-electron chi connectivity index (χ3n) is 2.96. The molecule has 0 radical (unpaired) electrons. The molecule has 0 atom stereocenters. The van der Waals surface area contributed by atoms with Gasteiger partial charge in [-0.05, 0) is 6.92 Å². The molecule has 0 spiro atoms.